The van der Waals surface area contributed by atoms with Crippen LogP contribution in [0.5, 0.6) is 11.5 Å². The van der Waals surface area contributed by atoms with Gasteiger partial charge >= 0.3 is 18.9 Å². The normalized spacial score (nSPS) is 12.5. The molecule has 0 bridgehead atoms. The van der Waals surface area contributed by atoms with Gasteiger partial charge in [-0.2, -0.15) is 13.2 Å². The molecule has 0 saturated carbocycles. The maximum atomic E-state index is 13.2. The third-order valence-corrected chi connectivity index (χ3v) is 18.9. The Morgan fingerprint density at radius 2 is 0.735 bits per heavy atom. The zero-order valence-electron chi connectivity index (χ0n) is 51.3. The lowest BCUT2D eigenvalue weighted by Crippen LogP contribution is -2.19. The van der Waals surface area contributed by atoms with Gasteiger partial charge in [0.2, 0.25) is 30.1 Å². The van der Waals surface area contributed by atoms with Crippen LogP contribution < -0.4 is 23.6 Å². The van der Waals surface area contributed by atoms with E-state index >= 15 is 0 Å². The van der Waals surface area contributed by atoms with Crippen LogP contribution >= 0.6 is 0 Å². The minimum absolute atomic E-state index is 0.0346. The number of ether oxygens (including phenoxy) is 2. The molecule has 0 saturated heterocycles. The lowest BCUT2D eigenvalue weighted by molar-refractivity contribution is -0.275. The number of aromatic nitrogens is 6. The van der Waals surface area contributed by atoms with Crippen LogP contribution in [0.1, 0.15) is 39.7 Å². The van der Waals surface area contributed by atoms with Crippen LogP contribution in [0, 0.1) is 0 Å². The van der Waals surface area contributed by atoms with E-state index in [1.807, 2.05) is 6.07 Å². The van der Waals surface area contributed by atoms with Crippen molar-refractivity contribution in [2.75, 3.05) is 21.1 Å². The summed E-state index contributed by atoms with van der Waals surface area (Å²) >= 11 is 0. The van der Waals surface area contributed by atoms with E-state index in [2.05, 4.69) is 53.5 Å². The summed E-state index contributed by atoms with van der Waals surface area (Å²) in [6, 6.07) is 52.3. The van der Waals surface area contributed by atoms with Crippen LogP contribution in [0.3, 0.4) is 0 Å². The highest BCUT2D eigenvalue weighted by Gasteiger charge is 2.33. The van der Waals surface area contributed by atoms with Gasteiger partial charge in [0.15, 0.2) is 0 Å². The Morgan fingerprint density at radius 3 is 1.13 bits per heavy atom. The third kappa shape index (κ3) is 17.5. The number of sulfonamides is 3. The molecule has 0 radical (unpaired) electrons. The number of imidazole rings is 3. The number of aromatic amines is 3. The van der Waals surface area contributed by atoms with Crippen molar-refractivity contribution in [2.24, 2.45) is 0 Å². The standard InChI is InChI=1S/2C23H18F3N3O3S.C23H18F3N3O2S/c1-27-33(30,31)21-8-3-2-7-18(21)16-10-11-19-20(14-16)29-22(28-19)12-9-15-5-4-6-17(13-15)32-23(24,25)26;1-27-33(30,31)21-5-3-2-4-18(21)16-9-12-19-20(14-16)29-22(28-19)13-8-15-6-10-17(11-7-15)32-23(24,25)26;1-27-32(30,31)21-9-5-3-7-17(21)16-10-12-19-20(14-16)29-22(28-19)13-11-15-6-2-4-8-18(15)23(24,25)26/h2*2-14,27H,1H3,(H,28,29);2-14,27H,1H3,(H,28,29)/b12-9+;13-8+;13-11+. The summed E-state index contributed by atoms with van der Waals surface area (Å²) in [5, 5.41) is 0. The molecule has 3 heterocycles. The second-order valence-electron chi connectivity index (χ2n) is 21.0. The van der Waals surface area contributed by atoms with Gasteiger partial charge in [-0.05, 0) is 158 Å². The molecular formula is C69H54F9N9O8S3. The molecule has 504 valence electrons. The van der Waals surface area contributed by atoms with Crippen LogP contribution in [-0.4, -0.2) is 89.0 Å². The molecule has 98 heavy (non-hydrogen) atoms. The monoisotopic (exact) mass is 1400 g/mol. The number of nitrogens with one attached hydrogen (secondary N) is 6. The Morgan fingerprint density at radius 1 is 0.367 bits per heavy atom. The smallest absolute Gasteiger partial charge is 0.406 e. The molecule has 0 spiro atoms. The summed E-state index contributed by atoms with van der Waals surface area (Å²) in [6.45, 7) is 0. The van der Waals surface area contributed by atoms with Gasteiger partial charge in [0.1, 0.15) is 29.0 Å². The van der Waals surface area contributed by atoms with Crippen molar-refractivity contribution in [1.82, 2.24) is 44.1 Å². The minimum Gasteiger partial charge on any atom is -0.406 e. The Kier molecular flexibility index (Phi) is 20.7. The third-order valence-electron chi connectivity index (χ3n) is 14.5. The van der Waals surface area contributed by atoms with Crippen LogP contribution in [0.2, 0.25) is 0 Å². The highest BCUT2D eigenvalue weighted by atomic mass is 32.2. The van der Waals surface area contributed by atoms with Gasteiger partial charge in [-0.3, -0.25) is 0 Å². The molecule has 12 aromatic rings. The molecule has 0 aliphatic rings. The second-order valence-corrected chi connectivity index (χ2v) is 26.6. The molecule has 9 aromatic carbocycles. The zero-order valence-corrected chi connectivity index (χ0v) is 53.7. The first-order valence-corrected chi connectivity index (χ1v) is 33.4. The molecule has 29 heteroatoms. The molecule has 0 atom stereocenters. The van der Waals surface area contributed by atoms with Crippen LogP contribution in [-0.2, 0) is 36.2 Å². The van der Waals surface area contributed by atoms with Crippen molar-refractivity contribution in [3.05, 3.63) is 240 Å². The van der Waals surface area contributed by atoms with Crippen molar-refractivity contribution in [1.29, 1.82) is 0 Å². The quantitative estimate of drug-likeness (QED) is 0.0468. The van der Waals surface area contributed by atoms with Gasteiger partial charge in [0, 0.05) is 16.7 Å². The molecular weight excluding hydrogens is 1350 g/mol. The molecule has 6 N–H and O–H groups in total. The topological polar surface area (TPSA) is 243 Å². The molecule has 0 fully saturated rings. The zero-order chi connectivity index (χ0) is 70.2. The first kappa shape index (κ1) is 70.1. The molecule has 0 aliphatic carbocycles. The van der Waals surface area contributed by atoms with Crippen molar-refractivity contribution < 1.29 is 74.2 Å². The Balaban J connectivity index is 0.000000159. The largest absolute Gasteiger partial charge is 0.573 e. The summed E-state index contributed by atoms with van der Waals surface area (Å²) in [7, 11) is -6.88. The summed E-state index contributed by atoms with van der Waals surface area (Å²) in [5.41, 5.74) is 8.11. The number of hydrogen-bond acceptors (Lipinski definition) is 11. The summed E-state index contributed by atoms with van der Waals surface area (Å²) < 4.78 is 203. The van der Waals surface area contributed by atoms with E-state index in [-0.39, 0.29) is 31.7 Å². The Hall–Kier alpha value is -10.7. The van der Waals surface area contributed by atoms with E-state index in [1.165, 1.54) is 112 Å². The highest BCUT2D eigenvalue weighted by molar-refractivity contribution is 7.90. The van der Waals surface area contributed by atoms with E-state index in [0.717, 1.165) is 6.07 Å². The molecule has 12 rings (SSSR count). The van der Waals surface area contributed by atoms with Gasteiger partial charge in [-0.1, -0.05) is 133 Å². The number of H-pyrrole nitrogens is 3. The molecule has 0 aliphatic heterocycles. The van der Waals surface area contributed by atoms with E-state index < -0.39 is 54.5 Å². The summed E-state index contributed by atoms with van der Waals surface area (Å²) in [6.07, 6.45) is -4.48. The van der Waals surface area contributed by atoms with Crippen molar-refractivity contribution >= 4 is 99.6 Å². The number of benzene rings is 9. The maximum Gasteiger partial charge on any atom is 0.573 e. The van der Waals surface area contributed by atoms with Crippen molar-refractivity contribution in [3.63, 3.8) is 0 Å². The van der Waals surface area contributed by atoms with Crippen LogP contribution in [0.25, 0.3) is 103 Å². The van der Waals surface area contributed by atoms with Gasteiger partial charge in [-0.25, -0.2) is 54.4 Å². The van der Waals surface area contributed by atoms with Crippen molar-refractivity contribution in [3.8, 4) is 44.9 Å². The van der Waals surface area contributed by atoms with E-state index in [4.69, 9.17) is 0 Å². The lowest BCUT2D eigenvalue weighted by Gasteiger charge is -2.09. The lowest BCUT2D eigenvalue weighted by atomic mass is 10.1. The maximum absolute atomic E-state index is 13.2. The number of hydrogen-bond donors (Lipinski definition) is 6. The average Bonchev–Trinajstić information content (AvgIpc) is 1.41. The number of nitrogens with zero attached hydrogens (tertiary/aromatic N) is 3. The van der Waals surface area contributed by atoms with Gasteiger partial charge in [0.25, 0.3) is 0 Å². The first-order valence-electron chi connectivity index (χ1n) is 29.0. The number of alkyl halides is 9. The number of halogens is 9. The summed E-state index contributed by atoms with van der Waals surface area (Å²) in [5.74, 6) is 0.796. The highest BCUT2D eigenvalue weighted by Crippen LogP contribution is 2.36. The van der Waals surface area contributed by atoms with Crippen molar-refractivity contribution in [2.45, 2.75) is 33.6 Å². The fourth-order valence-electron chi connectivity index (χ4n) is 9.99. The number of rotatable bonds is 17. The number of fused-ring (bicyclic) bond motifs is 3. The van der Waals surface area contributed by atoms with Crippen LogP contribution in [0.4, 0.5) is 39.5 Å². The molecule has 0 amide bonds. The molecule has 17 nitrogen and oxygen atoms in total. The summed E-state index contributed by atoms with van der Waals surface area (Å²) in [4.78, 5) is 23.1. The minimum atomic E-state index is -4.76. The van der Waals surface area contributed by atoms with Gasteiger partial charge in [0.05, 0.1) is 53.4 Å². The Bertz CT molecular complexity index is 5340. The fourth-order valence-corrected chi connectivity index (χ4v) is 12.9. The SMILES string of the molecule is CNS(=O)(=O)c1ccccc1-c1ccc2nc(/C=C/c3ccc(OC(F)(F)F)cc3)[nH]c2c1.CNS(=O)(=O)c1ccccc1-c1ccc2nc(/C=C/c3cccc(OC(F)(F)F)c3)[nH]c2c1.CNS(=O)(=O)c1ccccc1-c1ccc2nc(/C=C/c3ccccc3C(F)(F)F)[nH]c2c1. The fraction of sp³-hybridized carbons (Fsp3) is 0.0870. The second kappa shape index (κ2) is 28.9. The first-order chi connectivity index (χ1) is 46.5. The average molecular weight is 1400 g/mol. The van der Waals surface area contributed by atoms with E-state index in [1.54, 1.807) is 133 Å². The molecule has 3 aromatic heterocycles. The predicted molar refractivity (Wildman–Crippen MR) is 358 cm³/mol. The predicted octanol–water partition coefficient (Wildman–Crippen LogP) is 15.7. The van der Waals surface area contributed by atoms with Gasteiger partial charge in [-0.15, -0.1) is 26.3 Å². The Labute approximate surface area is 554 Å². The van der Waals surface area contributed by atoms with Gasteiger partial charge < -0.3 is 24.4 Å². The van der Waals surface area contributed by atoms with E-state index in [0.29, 0.717) is 95.1 Å². The van der Waals surface area contributed by atoms with E-state index in [9.17, 15) is 64.8 Å². The van der Waals surface area contributed by atoms with Crippen LogP contribution in [0.15, 0.2) is 215 Å². The molecule has 0 unspecified atom stereocenters.